The standard InChI is InChI=1S/C26H31N3O5S/c1-4-21(23-10-7-15-35-23)28-26(32)20-17-29(13-14-33-2)16-19(24(20)30)25(31)27-12-11-18-8-5-6-9-22(18)34-3/h5-10,15-17,21H,4,11-14H2,1-3H3,(H,27,31)(H,28,32). The minimum absolute atomic E-state index is 0.0755. The third kappa shape index (κ3) is 6.80. The van der Waals surface area contributed by atoms with E-state index < -0.39 is 17.2 Å². The normalized spacial score (nSPS) is 11.6. The summed E-state index contributed by atoms with van der Waals surface area (Å²) < 4.78 is 12.1. The van der Waals surface area contributed by atoms with E-state index >= 15 is 0 Å². The molecule has 0 spiro atoms. The van der Waals surface area contributed by atoms with Gasteiger partial charge in [-0.15, -0.1) is 11.3 Å². The van der Waals surface area contributed by atoms with Gasteiger partial charge in [-0.3, -0.25) is 14.4 Å². The number of carbonyl (C=O) groups excluding carboxylic acids is 2. The van der Waals surface area contributed by atoms with Gasteiger partial charge in [-0.05, 0) is 35.9 Å². The van der Waals surface area contributed by atoms with E-state index in [1.165, 1.54) is 12.4 Å². The molecule has 8 nitrogen and oxygen atoms in total. The van der Waals surface area contributed by atoms with Gasteiger partial charge in [-0.25, -0.2) is 0 Å². The van der Waals surface area contributed by atoms with Gasteiger partial charge in [0.05, 0.1) is 19.8 Å². The molecule has 2 amide bonds. The lowest BCUT2D eigenvalue weighted by Gasteiger charge is -2.17. The van der Waals surface area contributed by atoms with Crippen molar-refractivity contribution in [2.45, 2.75) is 32.4 Å². The van der Waals surface area contributed by atoms with Crippen LogP contribution in [0.25, 0.3) is 0 Å². The first-order valence-electron chi connectivity index (χ1n) is 11.5. The highest BCUT2D eigenvalue weighted by atomic mass is 32.1. The van der Waals surface area contributed by atoms with E-state index in [2.05, 4.69) is 10.6 Å². The van der Waals surface area contributed by atoms with E-state index in [4.69, 9.17) is 9.47 Å². The number of hydrogen-bond acceptors (Lipinski definition) is 6. The molecule has 2 heterocycles. The second-order valence-corrected chi connectivity index (χ2v) is 8.89. The number of nitrogens with zero attached hydrogens (tertiary/aromatic N) is 1. The van der Waals surface area contributed by atoms with Gasteiger partial charge < -0.3 is 24.7 Å². The van der Waals surface area contributed by atoms with Crippen molar-refractivity contribution in [1.29, 1.82) is 0 Å². The van der Waals surface area contributed by atoms with E-state index in [-0.39, 0.29) is 17.2 Å². The van der Waals surface area contributed by atoms with Gasteiger partial charge in [0, 0.05) is 37.5 Å². The van der Waals surface area contributed by atoms with Crippen molar-refractivity contribution in [2.75, 3.05) is 27.4 Å². The summed E-state index contributed by atoms with van der Waals surface area (Å²) in [7, 11) is 3.16. The zero-order valence-electron chi connectivity index (χ0n) is 20.2. The number of methoxy groups -OCH3 is 2. The molecular formula is C26H31N3O5S. The molecule has 0 aliphatic carbocycles. The van der Waals surface area contributed by atoms with Gasteiger partial charge in [0.1, 0.15) is 16.9 Å². The molecule has 9 heteroatoms. The van der Waals surface area contributed by atoms with E-state index in [0.29, 0.717) is 32.5 Å². The van der Waals surface area contributed by atoms with E-state index in [9.17, 15) is 14.4 Å². The zero-order chi connectivity index (χ0) is 25.2. The van der Waals surface area contributed by atoms with Gasteiger partial charge in [-0.1, -0.05) is 31.2 Å². The van der Waals surface area contributed by atoms with Crippen LogP contribution in [-0.4, -0.2) is 43.8 Å². The average Bonchev–Trinajstić information content (AvgIpc) is 3.41. The molecule has 0 radical (unpaired) electrons. The quantitative estimate of drug-likeness (QED) is 0.400. The van der Waals surface area contributed by atoms with Crippen LogP contribution < -0.4 is 20.8 Å². The first-order valence-corrected chi connectivity index (χ1v) is 12.3. The van der Waals surface area contributed by atoms with Crippen molar-refractivity contribution in [3.8, 4) is 5.75 Å². The van der Waals surface area contributed by atoms with Gasteiger partial charge in [0.25, 0.3) is 11.8 Å². The Morgan fingerprint density at radius 1 is 1.06 bits per heavy atom. The van der Waals surface area contributed by atoms with Crippen molar-refractivity contribution >= 4 is 23.2 Å². The van der Waals surface area contributed by atoms with Crippen molar-refractivity contribution in [1.82, 2.24) is 15.2 Å². The Bertz CT molecular complexity index is 1190. The van der Waals surface area contributed by atoms with Gasteiger partial charge >= 0.3 is 0 Å². The highest BCUT2D eigenvalue weighted by Crippen LogP contribution is 2.22. The Kier molecular flexibility index (Phi) is 9.63. The van der Waals surface area contributed by atoms with E-state index in [0.717, 1.165) is 16.2 Å². The van der Waals surface area contributed by atoms with Gasteiger partial charge in [-0.2, -0.15) is 0 Å². The van der Waals surface area contributed by atoms with E-state index in [1.807, 2.05) is 48.7 Å². The molecule has 1 aromatic carbocycles. The van der Waals surface area contributed by atoms with E-state index in [1.54, 1.807) is 30.1 Å². The van der Waals surface area contributed by atoms with Crippen LogP contribution in [0.5, 0.6) is 5.75 Å². The maximum atomic E-state index is 13.2. The summed E-state index contributed by atoms with van der Waals surface area (Å²) in [5.41, 5.74) is 0.179. The molecule has 0 fully saturated rings. The van der Waals surface area contributed by atoms with Crippen LogP contribution in [-0.2, 0) is 17.7 Å². The number of pyridine rings is 1. The summed E-state index contributed by atoms with van der Waals surface area (Å²) in [6.45, 7) is 3.03. The van der Waals surface area contributed by atoms with Crippen LogP contribution in [0, 0.1) is 0 Å². The predicted molar refractivity (Wildman–Crippen MR) is 136 cm³/mol. The number of ether oxygens (including phenoxy) is 2. The number of benzene rings is 1. The number of para-hydroxylation sites is 1. The molecule has 0 aliphatic heterocycles. The highest BCUT2D eigenvalue weighted by molar-refractivity contribution is 7.10. The Labute approximate surface area is 208 Å². The second-order valence-electron chi connectivity index (χ2n) is 7.91. The van der Waals surface area contributed by atoms with Crippen molar-refractivity contribution in [2.24, 2.45) is 0 Å². The van der Waals surface area contributed by atoms with Crippen LogP contribution in [0.4, 0.5) is 0 Å². The van der Waals surface area contributed by atoms with Gasteiger partial charge in [0.15, 0.2) is 0 Å². The molecule has 3 rings (SSSR count). The van der Waals surface area contributed by atoms with Crippen LogP contribution in [0.15, 0.2) is 59.0 Å². The minimum atomic E-state index is -0.605. The number of nitrogens with one attached hydrogen (secondary N) is 2. The van der Waals surface area contributed by atoms with Crippen molar-refractivity contribution < 1.29 is 19.1 Å². The number of hydrogen-bond donors (Lipinski definition) is 2. The Morgan fingerprint density at radius 3 is 2.46 bits per heavy atom. The summed E-state index contributed by atoms with van der Waals surface area (Å²) in [5.74, 6) is -0.306. The lowest BCUT2D eigenvalue weighted by atomic mass is 10.1. The molecule has 2 aromatic heterocycles. The molecule has 0 bridgehead atoms. The fourth-order valence-electron chi connectivity index (χ4n) is 3.70. The summed E-state index contributed by atoms with van der Waals surface area (Å²) in [6.07, 6.45) is 4.15. The summed E-state index contributed by atoms with van der Waals surface area (Å²) in [4.78, 5) is 40.3. The minimum Gasteiger partial charge on any atom is -0.496 e. The summed E-state index contributed by atoms with van der Waals surface area (Å²) >= 11 is 1.54. The van der Waals surface area contributed by atoms with Crippen LogP contribution in [0.3, 0.4) is 0 Å². The Balaban J connectivity index is 1.80. The molecule has 0 saturated heterocycles. The molecule has 2 N–H and O–H groups in total. The molecule has 3 aromatic rings. The number of thiophene rings is 1. The number of aromatic nitrogens is 1. The SMILES string of the molecule is CCC(NC(=O)c1cn(CCOC)cc(C(=O)NCCc2ccccc2OC)c1=O)c1cccs1. The summed E-state index contributed by atoms with van der Waals surface area (Å²) in [5, 5.41) is 7.67. The Hall–Kier alpha value is -3.43. The average molecular weight is 498 g/mol. The topological polar surface area (TPSA) is 98.7 Å². The predicted octanol–water partition coefficient (Wildman–Crippen LogP) is 3.42. The van der Waals surface area contributed by atoms with Crippen molar-refractivity contribution in [3.05, 3.63) is 86.0 Å². The largest absolute Gasteiger partial charge is 0.496 e. The maximum absolute atomic E-state index is 13.2. The number of rotatable bonds is 12. The molecule has 35 heavy (non-hydrogen) atoms. The lowest BCUT2D eigenvalue weighted by Crippen LogP contribution is -2.37. The number of amides is 2. The summed E-state index contributed by atoms with van der Waals surface area (Å²) in [6, 6.07) is 11.2. The fourth-order valence-corrected chi connectivity index (χ4v) is 4.56. The molecule has 1 atom stereocenters. The third-order valence-corrected chi connectivity index (χ3v) is 6.58. The third-order valence-electron chi connectivity index (χ3n) is 5.59. The molecule has 0 aliphatic rings. The molecule has 186 valence electrons. The maximum Gasteiger partial charge on any atom is 0.257 e. The van der Waals surface area contributed by atoms with Crippen LogP contribution in [0.2, 0.25) is 0 Å². The molecule has 1 unspecified atom stereocenters. The first kappa shape index (κ1) is 26.2. The van der Waals surface area contributed by atoms with Crippen LogP contribution >= 0.6 is 11.3 Å². The zero-order valence-corrected chi connectivity index (χ0v) is 21.0. The first-order chi connectivity index (χ1) is 17.0. The lowest BCUT2D eigenvalue weighted by molar-refractivity contribution is 0.0934. The smallest absolute Gasteiger partial charge is 0.257 e. The Morgan fingerprint density at radius 2 is 1.80 bits per heavy atom. The fraction of sp³-hybridized carbons (Fsp3) is 0.346. The van der Waals surface area contributed by atoms with Gasteiger partial charge in [0.2, 0.25) is 5.43 Å². The van der Waals surface area contributed by atoms with Crippen molar-refractivity contribution in [3.63, 3.8) is 0 Å². The highest BCUT2D eigenvalue weighted by Gasteiger charge is 2.22. The monoisotopic (exact) mass is 497 g/mol. The number of carbonyl (C=O) groups is 2. The van der Waals surface area contributed by atoms with Crippen LogP contribution in [0.1, 0.15) is 50.5 Å². The second kappa shape index (κ2) is 12.9. The molecular weight excluding hydrogens is 466 g/mol. The molecule has 0 saturated carbocycles.